The molecule has 1 rings (SSSR count). The van der Waals surface area contributed by atoms with Crippen molar-refractivity contribution >= 4 is 6.09 Å². The number of carboxylic acid groups (broad SMARTS) is 1. The molecular formula is C16H23NO4. The summed E-state index contributed by atoms with van der Waals surface area (Å²) in [6.45, 7) is 7.47. The highest BCUT2D eigenvalue weighted by atomic mass is 16.5. The highest BCUT2D eigenvalue weighted by Gasteiger charge is 2.25. The van der Waals surface area contributed by atoms with Crippen LogP contribution in [-0.4, -0.2) is 40.5 Å². The van der Waals surface area contributed by atoms with Gasteiger partial charge in [-0.1, -0.05) is 17.7 Å². The second-order valence-electron chi connectivity index (χ2n) is 5.23. The van der Waals surface area contributed by atoms with Gasteiger partial charge in [-0.2, -0.15) is 0 Å². The highest BCUT2D eigenvalue weighted by molar-refractivity contribution is 5.65. The van der Waals surface area contributed by atoms with Crippen LogP contribution < -0.4 is 4.74 Å². The monoisotopic (exact) mass is 293 g/mol. The van der Waals surface area contributed by atoms with E-state index in [1.165, 1.54) is 4.90 Å². The summed E-state index contributed by atoms with van der Waals surface area (Å²) in [5.41, 5.74) is 1.66. The third kappa shape index (κ3) is 5.11. The van der Waals surface area contributed by atoms with E-state index in [0.29, 0.717) is 6.42 Å². The molecule has 0 radical (unpaired) electrons. The number of aliphatic hydroxyl groups is 1. The molecule has 1 aromatic rings. The first-order chi connectivity index (χ1) is 9.85. The third-order valence-electron chi connectivity index (χ3n) is 3.36. The molecule has 2 atom stereocenters. The van der Waals surface area contributed by atoms with E-state index in [9.17, 15) is 15.0 Å². The summed E-state index contributed by atoms with van der Waals surface area (Å²) < 4.78 is 5.07. The van der Waals surface area contributed by atoms with Gasteiger partial charge in [-0.15, -0.1) is 6.58 Å². The number of hydrogen-bond donors (Lipinski definition) is 2. The minimum absolute atomic E-state index is 0.216. The molecule has 1 amide bonds. The molecule has 0 fully saturated rings. The van der Waals surface area contributed by atoms with E-state index in [1.54, 1.807) is 26.2 Å². The van der Waals surface area contributed by atoms with E-state index in [0.717, 1.165) is 16.9 Å². The van der Waals surface area contributed by atoms with E-state index in [-0.39, 0.29) is 6.54 Å². The fraction of sp³-hybridized carbons (Fsp3) is 0.438. The molecule has 21 heavy (non-hydrogen) atoms. The maximum absolute atomic E-state index is 11.4. The summed E-state index contributed by atoms with van der Waals surface area (Å²) in [5, 5.41) is 19.4. The van der Waals surface area contributed by atoms with Crippen molar-refractivity contribution in [2.24, 2.45) is 0 Å². The van der Waals surface area contributed by atoms with Gasteiger partial charge in [-0.25, -0.2) is 4.79 Å². The Morgan fingerprint density at radius 1 is 1.38 bits per heavy atom. The van der Waals surface area contributed by atoms with Crippen molar-refractivity contribution in [3.63, 3.8) is 0 Å². The molecule has 2 N–H and O–H groups in total. The number of methoxy groups -OCH3 is 1. The number of amides is 1. The molecule has 1 aromatic carbocycles. The van der Waals surface area contributed by atoms with Crippen molar-refractivity contribution in [1.29, 1.82) is 0 Å². The Bertz CT molecular complexity index is 484. The zero-order valence-electron chi connectivity index (χ0n) is 12.7. The molecule has 0 bridgehead atoms. The fourth-order valence-corrected chi connectivity index (χ4v) is 2.05. The Balaban J connectivity index is 2.80. The van der Waals surface area contributed by atoms with Gasteiger partial charge in [0.2, 0.25) is 0 Å². The van der Waals surface area contributed by atoms with Gasteiger partial charge in [0.1, 0.15) is 5.75 Å². The van der Waals surface area contributed by atoms with Gasteiger partial charge < -0.3 is 14.9 Å². The molecule has 5 nitrogen and oxygen atoms in total. The Labute approximate surface area is 125 Å². The number of benzene rings is 1. The lowest BCUT2D eigenvalue weighted by atomic mass is 10.0. The van der Waals surface area contributed by atoms with Gasteiger partial charge in [0.05, 0.1) is 19.3 Å². The average Bonchev–Trinajstić information content (AvgIpc) is 2.43. The van der Waals surface area contributed by atoms with Crippen molar-refractivity contribution in [3.05, 3.63) is 42.0 Å². The maximum Gasteiger partial charge on any atom is 0.407 e. The van der Waals surface area contributed by atoms with Gasteiger partial charge in [0, 0.05) is 6.54 Å². The summed E-state index contributed by atoms with van der Waals surface area (Å²) in [6.07, 6.45) is -1.44. The van der Waals surface area contributed by atoms with Crippen molar-refractivity contribution in [2.45, 2.75) is 39.0 Å². The molecule has 0 saturated heterocycles. The van der Waals surface area contributed by atoms with Gasteiger partial charge >= 0.3 is 6.09 Å². The molecule has 5 heteroatoms. The van der Waals surface area contributed by atoms with E-state index in [4.69, 9.17) is 4.74 Å². The smallest absolute Gasteiger partial charge is 0.407 e. The van der Waals surface area contributed by atoms with Gasteiger partial charge in [0.15, 0.2) is 0 Å². The normalized spacial score (nSPS) is 13.3. The van der Waals surface area contributed by atoms with Crippen LogP contribution >= 0.6 is 0 Å². The summed E-state index contributed by atoms with van der Waals surface area (Å²) >= 11 is 0. The molecule has 0 heterocycles. The van der Waals surface area contributed by atoms with Crippen LogP contribution in [0.25, 0.3) is 0 Å². The van der Waals surface area contributed by atoms with Crippen LogP contribution in [-0.2, 0) is 6.54 Å². The van der Waals surface area contributed by atoms with Crippen molar-refractivity contribution < 1.29 is 19.7 Å². The summed E-state index contributed by atoms with van der Waals surface area (Å²) in [7, 11) is 1.58. The number of ether oxygens (including phenoxy) is 1. The zero-order valence-corrected chi connectivity index (χ0v) is 12.7. The first kappa shape index (κ1) is 17.0. The van der Waals surface area contributed by atoms with Crippen molar-refractivity contribution in [3.8, 4) is 5.75 Å². The van der Waals surface area contributed by atoms with Crippen LogP contribution in [0.1, 0.15) is 25.8 Å². The standard InChI is InChI=1S/C16H23NO4/c1-11(2)9-15(18)12(3)17(16(19)20)10-13-5-7-14(21-4)8-6-13/h5-8,12,15,18H,1,9-10H2,2-4H3,(H,19,20). The second kappa shape index (κ2) is 7.69. The topological polar surface area (TPSA) is 70.0 Å². The first-order valence-electron chi connectivity index (χ1n) is 6.80. The summed E-state index contributed by atoms with van der Waals surface area (Å²) in [5.74, 6) is 0.719. The average molecular weight is 293 g/mol. The predicted octanol–water partition coefficient (Wildman–Crippen LogP) is 2.89. The van der Waals surface area contributed by atoms with Gasteiger partial charge in [-0.3, -0.25) is 4.90 Å². The first-order valence-corrected chi connectivity index (χ1v) is 6.80. The summed E-state index contributed by atoms with van der Waals surface area (Å²) in [4.78, 5) is 12.7. The molecule has 0 aliphatic rings. The van der Waals surface area contributed by atoms with E-state index >= 15 is 0 Å². The Morgan fingerprint density at radius 2 is 1.95 bits per heavy atom. The SMILES string of the molecule is C=C(C)CC(O)C(C)N(Cc1ccc(OC)cc1)C(=O)O. The van der Waals surface area contributed by atoms with Crippen LogP contribution in [0, 0.1) is 0 Å². The molecule has 0 spiro atoms. The molecule has 0 aliphatic carbocycles. The largest absolute Gasteiger partial charge is 0.497 e. The molecule has 2 unspecified atom stereocenters. The van der Waals surface area contributed by atoms with Crippen molar-refractivity contribution in [1.82, 2.24) is 4.90 Å². The van der Waals surface area contributed by atoms with Crippen LogP contribution in [0.3, 0.4) is 0 Å². The second-order valence-corrected chi connectivity index (χ2v) is 5.23. The minimum Gasteiger partial charge on any atom is -0.497 e. The van der Waals surface area contributed by atoms with Crippen LogP contribution in [0.4, 0.5) is 4.79 Å². The van der Waals surface area contributed by atoms with Crippen LogP contribution in [0.2, 0.25) is 0 Å². The fourth-order valence-electron chi connectivity index (χ4n) is 2.05. The van der Waals surface area contributed by atoms with E-state index in [2.05, 4.69) is 6.58 Å². The number of carbonyl (C=O) groups is 1. The van der Waals surface area contributed by atoms with Gasteiger partial charge in [-0.05, 0) is 38.0 Å². The van der Waals surface area contributed by atoms with E-state index < -0.39 is 18.2 Å². The predicted molar refractivity (Wildman–Crippen MR) is 81.5 cm³/mol. The number of rotatable bonds is 7. The van der Waals surface area contributed by atoms with Gasteiger partial charge in [0.25, 0.3) is 0 Å². The Morgan fingerprint density at radius 3 is 2.38 bits per heavy atom. The Kier molecular flexibility index (Phi) is 6.24. The third-order valence-corrected chi connectivity index (χ3v) is 3.36. The number of aliphatic hydroxyl groups excluding tert-OH is 1. The molecule has 0 saturated carbocycles. The summed E-state index contributed by atoms with van der Waals surface area (Å²) in [6, 6.07) is 6.68. The number of hydrogen-bond acceptors (Lipinski definition) is 3. The lowest BCUT2D eigenvalue weighted by Gasteiger charge is -2.30. The Hall–Kier alpha value is -2.01. The highest BCUT2D eigenvalue weighted by Crippen LogP contribution is 2.17. The molecule has 116 valence electrons. The van der Waals surface area contributed by atoms with Crippen LogP contribution in [0.5, 0.6) is 5.75 Å². The molecular weight excluding hydrogens is 270 g/mol. The lowest BCUT2D eigenvalue weighted by molar-refractivity contribution is 0.0525. The number of nitrogens with zero attached hydrogens (tertiary/aromatic N) is 1. The molecule has 0 aliphatic heterocycles. The molecule has 0 aromatic heterocycles. The quantitative estimate of drug-likeness (QED) is 0.758. The minimum atomic E-state index is -1.06. The lowest BCUT2D eigenvalue weighted by Crippen LogP contribution is -2.44. The van der Waals surface area contributed by atoms with Crippen molar-refractivity contribution in [2.75, 3.05) is 7.11 Å². The maximum atomic E-state index is 11.4. The van der Waals surface area contributed by atoms with E-state index in [1.807, 2.05) is 19.1 Å². The van der Waals surface area contributed by atoms with Crippen LogP contribution in [0.15, 0.2) is 36.4 Å². The zero-order chi connectivity index (χ0) is 16.0.